The topological polar surface area (TPSA) is 73.9 Å². The Morgan fingerprint density at radius 3 is 2.68 bits per heavy atom. The zero-order valence-electron chi connectivity index (χ0n) is 13.6. The van der Waals surface area contributed by atoms with Gasteiger partial charge in [0.05, 0.1) is 5.39 Å². The zero-order valence-corrected chi connectivity index (χ0v) is 13.6. The van der Waals surface area contributed by atoms with Gasteiger partial charge in [0.25, 0.3) is 5.91 Å². The van der Waals surface area contributed by atoms with Crippen LogP contribution in [0.4, 0.5) is 10.2 Å². The summed E-state index contributed by atoms with van der Waals surface area (Å²) in [5.41, 5.74) is 1.31. The average Bonchev–Trinajstić information content (AvgIpc) is 3.12. The van der Waals surface area contributed by atoms with E-state index in [9.17, 15) is 9.18 Å². The maximum atomic E-state index is 13.0. The van der Waals surface area contributed by atoms with Gasteiger partial charge >= 0.3 is 0 Å². The van der Waals surface area contributed by atoms with Crippen molar-refractivity contribution in [1.29, 1.82) is 0 Å². The number of aromatic amines is 1. The van der Waals surface area contributed by atoms with Crippen LogP contribution >= 0.6 is 0 Å². The van der Waals surface area contributed by atoms with E-state index in [-0.39, 0.29) is 17.8 Å². The fourth-order valence-corrected chi connectivity index (χ4v) is 3.22. The van der Waals surface area contributed by atoms with E-state index in [0.29, 0.717) is 5.56 Å². The van der Waals surface area contributed by atoms with Gasteiger partial charge in [-0.1, -0.05) is 0 Å². The van der Waals surface area contributed by atoms with Crippen LogP contribution in [0.2, 0.25) is 0 Å². The molecule has 0 bridgehead atoms. The molecule has 1 amide bonds. The minimum atomic E-state index is -0.342. The van der Waals surface area contributed by atoms with Crippen molar-refractivity contribution in [2.75, 3.05) is 18.0 Å². The van der Waals surface area contributed by atoms with Gasteiger partial charge in [-0.15, -0.1) is 0 Å². The standard InChI is InChI=1S/C18H18FN5O/c19-13-3-1-12(2-4-13)18(25)23-14-6-9-24(10-7-14)17-15-5-8-20-16(15)21-11-22-17/h1-5,8,11,14H,6-7,9-10H2,(H,23,25)(H,20,21,22). The first-order valence-corrected chi connectivity index (χ1v) is 8.30. The van der Waals surface area contributed by atoms with Gasteiger partial charge in [-0.25, -0.2) is 14.4 Å². The molecule has 1 aromatic carbocycles. The molecule has 3 aromatic rings. The van der Waals surface area contributed by atoms with Crippen LogP contribution in [0.25, 0.3) is 11.0 Å². The van der Waals surface area contributed by atoms with Crippen molar-refractivity contribution in [1.82, 2.24) is 20.3 Å². The number of benzene rings is 1. The van der Waals surface area contributed by atoms with Gasteiger partial charge < -0.3 is 15.2 Å². The largest absolute Gasteiger partial charge is 0.356 e. The molecule has 128 valence electrons. The number of piperidine rings is 1. The molecular formula is C18H18FN5O. The van der Waals surface area contributed by atoms with E-state index in [4.69, 9.17) is 0 Å². The molecule has 1 fully saturated rings. The van der Waals surface area contributed by atoms with Crippen LogP contribution < -0.4 is 10.2 Å². The number of amides is 1. The number of carbonyl (C=O) groups excluding carboxylic acids is 1. The molecule has 0 spiro atoms. The SMILES string of the molecule is O=C(NC1CCN(c2ncnc3[nH]ccc23)CC1)c1ccc(F)cc1. The van der Waals surface area contributed by atoms with E-state index in [1.54, 1.807) is 6.33 Å². The summed E-state index contributed by atoms with van der Waals surface area (Å²) in [5, 5.41) is 4.04. The summed E-state index contributed by atoms with van der Waals surface area (Å²) >= 11 is 0. The Morgan fingerprint density at radius 1 is 1.16 bits per heavy atom. The quantitative estimate of drug-likeness (QED) is 0.769. The molecule has 7 heteroatoms. The summed E-state index contributed by atoms with van der Waals surface area (Å²) in [7, 11) is 0. The molecule has 1 saturated heterocycles. The molecule has 0 radical (unpaired) electrons. The van der Waals surface area contributed by atoms with Crippen LogP contribution in [0.3, 0.4) is 0 Å². The van der Waals surface area contributed by atoms with Crippen molar-refractivity contribution in [2.24, 2.45) is 0 Å². The van der Waals surface area contributed by atoms with Crippen molar-refractivity contribution in [3.8, 4) is 0 Å². The highest BCUT2D eigenvalue weighted by Gasteiger charge is 2.23. The second-order valence-corrected chi connectivity index (χ2v) is 6.18. The lowest BCUT2D eigenvalue weighted by molar-refractivity contribution is 0.0931. The summed E-state index contributed by atoms with van der Waals surface area (Å²) < 4.78 is 13.0. The number of hydrogen-bond acceptors (Lipinski definition) is 4. The Kier molecular flexibility index (Phi) is 4.05. The molecule has 0 saturated carbocycles. The predicted molar refractivity (Wildman–Crippen MR) is 93.0 cm³/mol. The smallest absolute Gasteiger partial charge is 0.251 e. The first-order chi connectivity index (χ1) is 12.2. The minimum absolute atomic E-state index is 0.109. The van der Waals surface area contributed by atoms with E-state index in [1.165, 1.54) is 24.3 Å². The van der Waals surface area contributed by atoms with Gasteiger partial charge in [-0.05, 0) is 43.2 Å². The van der Waals surface area contributed by atoms with Crippen molar-refractivity contribution >= 4 is 22.8 Å². The average molecular weight is 339 g/mol. The van der Waals surface area contributed by atoms with E-state index in [0.717, 1.165) is 42.8 Å². The lowest BCUT2D eigenvalue weighted by Gasteiger charge is -2.33. The summed E-state index contributed by atoms with van der Waals surface area (Å²) in [6.45, 7) is 1.62. The summed E-state index contributed by atoms with van der Waals surface area (Å²) in [5.74, 6) is 0.425. The minimum Gasteiger partial charge on any atom is -0.356 e. The van der Waals surface area contributed by atoms with E-state index < -0.39 is 0 Å². The number of anilines is 1. The van der Waals surface area contributed by atoms with Crippen molar-refractivity contribution < 1.29 is 9.18 Å². The van der Waals surface area contributed by atoms with Crippen LogP contribution in [-0.4, -0.2) is 40.0 Å². The first-order valence-electron chi connectivity index (χ1n) is 8.30. The van der Waals surface area contributed by atoms with E-state index in [1.807, 2.05) is 12.3 Å². The number of nitrogens with zero attached hydrogens (tertiary/aromatic N) is 3. The third-order valence-electron chi connectivity index (χ3n) is 4.57. The highest BCUT2D eigenvalue weighted by Crippen LogP contribution is 2.25. The first kappa shape index (κ1) is 15.6. The normalized spacial score (nSPS) is 15.5. The van der Waals surface area contributed by atoms with Crippen molar-refractivity contribution in [3.63, 3.8) is 0 Å². The molecule has 3 heterocycles. The van der Waals surface area contributed by atoms with Gasteiger partial charge in [0.2, 0.25) is 0 Å². The molecule has 1 aliphatic rings. The fraction of sp³-hybridized carbons (Fsp3) is 0.278. The highest BCUT2D eigenvalue weighted by molar-refractivity contribution is 5.94. The second kappa shape index (κ2) is 6.51. The Hall–Kier alpha value is -2.96. The Balaban J connectivity index is 1.39. The van der Waals surface area contributed by atoms with Crippen LogP contribution in [0.5, 0.6) is 0 Å². The zero-order chi connectivity index (χ0) is 17.2. The van der Waals surface area contributed by atoms with Crippen molar-refractivity contribution in [2.45, 2.75) is 18.9 Å². The molecule has 6 nitrogen and oxygen atoms in total. The lowest BCUT2D eigenvalue weighted by atomic mass is 10.0. The highest BCUT2D eigenvalue weighted by atomic mass is 19.1. The molecule has 25 heavy (non-hydrogen) atoms. The molecule has 0 unspecified atom stereocenters. The Labute approximate surface area is 144 Å². The van der Waals surface area contributed by atoms with Gasteiger partial charge in [0, 0.05) is 30.9 Å². The van der Waals surface area contributed by atoms with Crippen LogP contribution in [-0.2, 0) is 0 Å². The predicted octanol–water partition coefficient (Wildman–Crippen LogP) is 2.50. The summed E-state index contributed by atoms with van der Waals surface area (Å²) in [6, 6.07) is 7.70. The molecule has 0 aliphatic carbocycles. The number of nitrogens with one attached hydrogen (secondary N) is 2. The Morgan fingerprint density at radius 2 is 1.92 bits per heavy atom. The van der Waals surface area contributed by atoms with Gasteiger partial charge in [-0.2, -0.15) is 0 Å². The van der Waals surface area contributed by atoms with Crippen LogP contribution in [0.1, 0.15) is 23.2 Å². The number of halogens is 1. The van der Waals surface area contributed by atoms with Gasteiger partial charge in [0.15, 0.2) is 0 Å². The van der Waals surface area contributed by atoms with Crippen LogP contribution in [0.15, 0.2) is 42.9 Å². The molecular weight excluding hydrogens is 321 g/mol. The molecule has 2 aromatic heterocycles. The van der Waals surface area contributed by atoms with Gasteiger partial charge in [0.1, 0.15) is 23.6 Å². The maximum Gasteiger partial charge on any atom is 0.251 e. The lowest BCUT2D eigenvalue weighted by Crippen LogP contribution is -2.45. The maximum absolute atomic E-state index is 13.0. The second-order valence-electron chi connectivity index (χ2n) is 6.18. The molecule has 0 atom stereocenters. The monoisotopic (exact) mass is 339 g/mol. The molecule has 4 rings (SSSR count). The fourth-order valence-electron chi connectivity index (χ4n) is 3.22. The number of aromatic nitrogens is 3. The van der Waals surface area contributed by atoms with E-state index >= 15 is 0 Å². The number of hydrogen-bond donors (Lipinski definition) is 2. The Bertz CT molecular complexity index is 884. The van der Waals surface area contributed by atoms with Gasteiger partial charge in [-0.3, -0.25) is 4.79 Å². The third kappa shape index (κ3) is 3.17. The van der Waals surface area contributed by atoms with Crippen LogP contribution in [0, 0.1) is 5.82 Å². The summed E-state index contributed by atoms with van der Waals surface area (Å²) in [6.07, 6.45) is 5.10. The van der Waals surface area contributed by atoms with E-state index in [2.05, 4.69) is 25.2 Å². The number of rotatable bonds is 3. The molecule has 2 N–H and O–H groups in total. The van der Waals surface area contributed by atoms with Crippen molar-refractivity contribution in [3.05, 3.63) is 54.2 Å². The number of fused-ring (bicyclic) bond motifs is 1. The number of H-pyrrole nitrogens is 1. The number of carbonyl (C=O) groups is 1. The molecule has 1 aliphatic heterocycles. The third-order valence-corrected chi connectivity index (χ3v) is 4.57. The summed E-state index contributed by atoms with van der Waals surface area (Å²) in [4.78, 5) is 26.2.